The van der Waals surface area contributed by atoms with Crippen molar-refractivity contribution in [1.29, 1.82) is 0 Å². The summed E-state index contributed by atoms with van der Waals surface area (Å²) in [5, 5.41) is 5.26. The minimum Gasteiger partial charge on any atom is -0.345 e. The van der Waals surface area contributed by atoms with Crippen molar-refractivity contribution in [1.82, 2.24) is 10.2 Å². The summed E-state index contributed by atoms with van der Waals surface area (Å²) in [5.41, 5.74) is 2.19. The van der Waals surface area contributed by atoms with Crippen LogP contribution < -0.4 is 10.6 Å². The van der Waals surface area contributed by atoms with Gasteiger partial charge in [-0.25, -0.2) is 4.39 Å². The first-order chi connectivity index (χ1) is 14.5. The average molecular weight is 428 g/mol. The fourth-order valence-electron chi connectivity index (χ4n) is 2.86. The molecule has 6 nitrogen and oxygen atoms in total. The van der Waals surface area contributed by atoms with E-state index in [0.29, 0.717) is 11.3 Å². The number of nitrogens with zero attached hydrogens (tertiary/aromatic N) is 1. The lowest BCUT2D eigenvalue weighted by Gasteiger charge is -2.26. The molecule has 7 heteroatoms. The van der Waals surface area contributed by atoms with Gasteiger partial charge in [-0.2, -0.15) is 0 Å². The minimum atomic E-state index is -0.441. The Bertz CT molecular complexity index is 903. The molecule has 31 heavy (non-hydrogen) atoms. The monoisotopic (exact) mass is 427 g/mol. The number of carbonyl (C=O) groups is 3. The Morgan fingerprint density at radius 1 is 0.935 bits per heavy atom. The van der Waals surface area contributed by atoms with Gasteiger partial charge in [-0.15, -0.1) is 0 Å². The fraction of sp³-hybridized carbons (Fsp3) is 0.375. The lowest BCUT2D eigenvalue weighted by Crippen LogP contribution is -2.43. The summed E-state index contributed by atoms with van der Waals surface area (Å²) < 4.78 is 13.2. The molecule has 2 N–H and O–H groups in total. The third-order valence-corrected chi connectivity index (χ3v) is 4.44. The first-order valence-electron chi connectivity index (χ1n) is 10.2. The van der Waals surface area contributed by atoms with Crippen molar-refractivity contribution in [2.24, 2.45) is 5.41 Å². The molecule has 0 unspecified atom stereocenters. The lowest BCUT2D eigenvalue weighted by atomic mass is 9.91. The van der Waals surface area contributed by atoms with Crippen LogP contribution in [0.25, 0.3) is 0 Å². The Hall–Kier alpha value is -3.22. The van der Waals surface area contributed by atoms with Crippen molar-refractivity contribution in [3.05, 3.63) is 65.5 Å². The third kappa shape index (κ3) is 8.99. The van der Waals surface area contributed by atoms with Gasteiger partial charge in [0.1, 0.15) is 5.82 Å². The summed E-state index contributed by atoms with van der Waals surface area (Å²) in [5.74, 6) is -1.35. The second-order valence-corrected chi connectivity index (χ2v) is 8.80. The molecular formula is C24H30FN3O3. The molecule has 0 aromatic heterocycles. The van der Waals surface area contributed by atoms with Gasteiger partial charge in [0.25, 0.3) is 0 Å². The molecule has 0 saturated heterocycles. The topological polar surface area (TPSA) is 78.5 Å². The predicted molar refractivity (Wildman–Crippen MR) is 119 cm³/mol. The zero-order valence-corrected chi connectivity index (χ0v) is 18.5. The van der Waals surface area contributed by atoms with Crippen LogP contribution in [0, 0.1) is 18.2 Å². The van der Waals surface area contributed by atoms with E-state index in [-0.39, 0.29) is 49.1 Å². The summed E-state index contributed by atoms with van der Waals surface area (Å²) in [6, 6.07) is 13.1. The highest BCUT2D eigenvalue weighted by Crippen LogP contribution is 2.20. The van der Waals surface area contributed by atoms with Crippen LogP contribution in [-0.4, -0.2) is 35.7 Å². The quantitative estimate of drug-likeness (QED) is 0.675. The summed E-state index contributed by atoms with van der Waals surface area (Å²) >= 11 is 0. The van der Waals surface area contributed by atoms with E-state index >= 15 is 0 Å². The molecule has 2 aromatic rings. The van der Waals surface area contributed by atoms with Gasteiger partial charge in [-0.1, -0.05) is 50.6 Å². The normalized spacial score (nSPS) is 11.0. The minimum absolute atomic E-state index is 0.179. The van der Waals surface area contributed by atoms with E-state index in [2.05, 4.69) is 10.6 Å². The number of halogens is 1. The molecule has 0 aliphatic heterocycles. The lowest BCUT2D eigenvalue weighted by molar-refractivity contribution is -0.138. The van der Waals surface area contributed by atoms with Crippen LogP contribution in [0.15, 0.2) is 48.5 Å². The van der Waals surface area contributed by atoms with Gasteiger partial charge in [0.05, 0.1) is 13.1 Å². The average Bonchev–Trinajstić information content (AvgIpc) is 2.68. The molecule has 0 aliphatic rings. The number of nitrogens with one attached hydrogen (secondary N) is 2. The highest BCUT2D eigenvalue weighted by atomic mass is 19.1. The molecule has 0 saturated carbocycles. The standard InChI is InChI=1S/C24H30FN3O3/c1-17-5-11-20(12-6-17)27-21(29)14-26-22(30)16-28(23(31)13-24(2,3)4)15-18-7-9-19(25)10-8-18/h5-12H,13-16H2,1-4H3,(H,26,30)(H,27,29). The molecule has 0 bridgehead atoms. The Morgan fingerprint density at radius 3 is 2.13 bits per heavy atom. The summed E-state index contributed by atoms with van der Waals surface area (Å²) in [7, 11) is 0. The maximum absolute atomic E-state index is 13.2. The zero-order chi connectivity index (χ0) is 23.0. The molecule has 166 valence electrons. The van der Waals surface area contributed by atoms with Crippen molar-refractivity contribution in [3.63, 3.8) is 0 Å². The fourth-order valence-corrected chi connectivity index (χ4v) is 2.86. The first kappa shape index (κ1) is 24.1. The Labute approximate surface area is 182 Å². The number of anilines is 1. The van der Waals surface area contributed by atoms with E-state index in [0.717, 1.165) is 5.56 Å². The summed E-state index contributed by atoms with van der Waals surface area (Å²) in [4.78, 5) is 38.7. The predicted octanol–water partition coefficient (Wildman–Crippen LogP) is 3.65. The van der Waals surface area contributed by atoms with Crippen molar-refractivity contribution in [2.75, 3.05) is 18.4 Å². The van der Waals surface area contributed by atoms with Crippen LogP contribution in [0.2, 0.25) is 0 Å². The number of carbonyl (C=O) groups excluding carboxylic acids is 3. The van der Waals surface area contributed by atoms with Crippen LogP contribution >= 0.6 is 0 Å². The van der Waals surface area contributed by atoms with Crippen molar-refractivity contribution >= 4 is 23.4 Å². The van der Waals surface area contributed by atoms with Crippen LogP contribution in [-0.2, 0) is 20.9 Å². The number of rotatable bonds is 8. The van der Waals surface area contributed by atoms with E-state index in [1.165, 1.54) is 17.0 Å². The molecule has 0 radical (unpaired) electrons. The molecule has 0 spiro atoms. The van der Waals surface area contributed by atoms with Gasteiger partial charge >= 0.3 is 0 Å². The maximum Gasteiger partial charge on any atom is 0.243 e. The Balaban J connectivity index is 1.95. The third-order valence-electron chi connectivity index (χ3n) is 4.44. The largest absolute Gasteiger partial charge is 0.345 e. The van der Waals surface area contributed by atoms with Gasteiger partial charge in [0, 0.05) is 18.7 Å². The number of amides is 3. The smallest absolute Gasteiger partial charge is 0.243 e. The van der Waals surface area contributed by atoms with E-state index in [1.807, 2.05) is 39.8 Å². The molecule has 0 heterocycles. The maximum atomic E-state index is 13.2. The Kier molecular flexibility index (Phi) is 8.30. The van der Waals surface area contributed by atoms with E-state index in [4.69, 9.17) is 0 Å². The first-order valence-corrected chi connectivity index (χ1v) is 10.2. The molecular weight excluding hydrogens is 397 g/mol. The van der Waals surface area contributed by atoms with E-state index < -0.39 is 5.91 Å². The molecule has 0 fully saturated rings. The summed E-state index contributed by atoms with van der Waals surface area (Å²) in [6.07, 6.45) is 0.259. The highest BCUT2D eigenvalue weighted by Gasteiger charge is 2.23. The number of hydrogen-bond acceptors (Lipinski definition) is 3. The van der Waals surface area contributed by atoms with Crippen LogP contribution in [0.4, 0.5) is 10.1 Å². The van der Waals surface area contributed by atoms with Crippen LogP contribution in [0.5, 0.6) is 0 Å². The van der Waals surface area contributed by atoms with Crippen LogP contribution in [0.3, 0.4) is 0 Å². The Morgan fingerprint density at radius 2 is 1.55 bits per heavy atom. The zero-order valence-electron chi connectivity index (χ0n) is 18.5. The van der Waals surface area contributed by atoms with Gasteiger partial charge in [0.15, 0.2) is 0 Å². The number of aryl methyl sites for hydroxylation is 1. The van der Waals surface area contributed by atoms with Gasteiger partial charge in [-0.3, -0.25) is 14.4 Å². The highest BCUT2D eigenvalue weighted by molar-refractivity contribution is 5.95. The number of hydrogen-bond donors (Lipinski definition) is 2. The molecule has 0 atom stereocenters. The van der Waals surface area contributed by atoms with Crippen molar-refractivity contribution < 1.29 is 18.8 Å². The van der Waals surface area contributed by atoms with E-state index in [9.17, 15) is 18.8 Å². The van der Waals surface area contributed by atoms with E-state index in [1.54, 1.807) is 24.3 Å². The van der Waals surface area contributed by atoms with Crippen LogP contribution in [0.1, 0.15) is 38.3 Å². The van der Waals surface area contributed by atoms with Gasteiger partial charge in [0.2, 0.25) is 17.7 Å². The van der Waals surface area contributed by atoms with Gasteiger partial charge in [-0.05, 0) is 42.2 Å². The molecule has 3 amide bonds. The molecule has 2 rings (SSSR count). The molecule has 0 aliphatic carbocycles. The number of benzene rings is 2. The molecule has 2 aromatic carbocycles. The SMILES string of the molecule is Cc1ccc(NC(=O)CNC(=O)CN(Cc2ccc(F)cc2)C(=O)CC(C)(C)C)cc1. The van der Waals surface area contributed by atoms with Crippen molar-refractivity contribution in [2.45, 2.75) is 40.7 Å². The summed E-state index contributed by atoms with van der Waals surface area (Å²) in [6.45, 7) is 7.56. The van der Waals surface area contributed by atoms with Crippen molar-refractivity contribution in [3.8, 4) is 0 Å². The second kappa shape index (κ2) is 10.7. The second-order valence-electron chi connectivity index (χ2n) is 8.80. The van der Waals surface area contributed by atoms with Gasteiger partial charge < -0.3 is 15.5 Å².